The van der Waals surface area contributed by atoms with Gasteiger partial charge in [0.1, 0.15) is 5.75 Å². The van der Waals surface area contributed by atoms with Crippen LogP contribution in [0, 0.1) is 5.92 Å². The van der Waals surface area contributed by atoms with Gasteiger partial charge in [-0.15, -0.1) is 0 Å². The average molecular weight is 383 g/mol. The van der Waals surface area contributed by atoms with Crippen molar-refractivity contribution in [2.45, 2.75) is 18.9 Å². The number of carbonyl (C=O) groups is 1. The number of fused-ring (bicyclic) bond motifs is 4. The Hall–Kier alpha value is -2.67. The molecule has 27 heavy (non-hydrogen) atoms. The van der Waals surface area contributed by atoms with Gasteiger partial charge in [0.15, 0.2) is 5.11 Å². The molecule has 0 spiro atoms. The maximum atomic E-state index is 12.5. The number of amides is 1. The van der Waals surface area contributed by atoms with E-state index in [9.17, 15) is 9.59 Å². The van der Waals surface area contributed by atoms with Crippen LogP contribution in [0.2, 0.25) is 0 Å². The molecule has 1 N–H and O–H groups in total. The average Bonchev–Trinajstić information content (AvgIpc) is 2.68. The zero-order chi connectivity index (χ0) is 19.0. The largest absolute Gasteiger partial charge is 0.497 e. The molecular weight excluding hydrogens is 362 g/mol. The lowest BCUT2D eigenvalue weighted by molar-refractivity contribution is 0.0968. The predicted molar refractivity (Wildman–Crippen MR) is 106 cm³/mol. The Morgan fingerprint density at radius 2 is 1.93 bits per heavy atom. The van der Waals surface area contributed by atoms with Gasteiger partial charge in [-0.1, -0.05) is 6.07 Å². The van der Waals surface area contributed by atoms with Crippen LogP contribution in [-0.4, -0.2) is 40.7 Å². The Morgan fingerprint density at radius 3 is 2.67 bits per heavy atom. The number of nitrogens with one attached hydrogen (secondary N) is 1. The highest BCUT2D eigenvalue weighted by atomic mass is 32.1. The maximum Gasteiger partial charge on any atom is 0.257 e. The molecule has 0 saturated carbocycles. The lowest BCUT2D eigenvalue weighted by Crippen LogP contribution is -2.52. The molecule has 1 amide bonds. The molecule has 0 unspecified atom stereocenters. The molecular formula is C20H21N3O3S. The van der Waals surface area contributed by atoms with Gasteiger partial charge in [0.05, 0.1) is 7.11 Å². The molecule has 3 heterocycles. The summed E-state index contributed by atoms with van der Waals surface area (Å²) in [7, 11) is 1.59. The highest BCUT2D eigenvalue weighted by Gasteiger charge is 2.35. The lowest BCUT2D eigenvalue weighted by Gasteiger charge is -2.43. The molecule has 6 nitrogen and oxygen atoms in total. The van der Waals surface area contributed by atoms with E-state index in [1.165, 1.54) is 0 Å². The number of rotatable bonds is 2. The molecule has 1 fully saturated rings. The zero-order valence-corrected chi connectivity index (χ0v) is 15.9. The molecule has 2 atom stereocenters. The Bertz CT molecular complexity index is 938. The fourth-order valence-corrected chi connectivity index (χ4v) is 4.29. The van der Waals surface area contributed by atoms with Gasteiger partial charge in [-0.05, 0) is 54.9 Å². The molecule has 2 aliphatic rings. The first kappa shape index (κ1) is 17.7. The second-order valence-corrected chi connectivity index (χ2v) is 7.48. The van der Waals surface area contributed by atoms with E-state index >= 15 is 0 Å². The van der Waals surface area contributed by atoms with Gasteiger partial charge in [0, 0.05) is 42.9 Å². The Kier molecular flexibility index (Phi) is 4.70. The van der Waals surface area contributed by atoms with Crippen molar-refractivity contribution in [2.75, 3.05) is 20.2 Å². The molecule has 4 rings (SSSR count). The summed E-state index contributed by atoms with van der Waals surface area (Å²) in [6.45, 7) is 2.16. The number of aromatic nitrogens is 1. The fraction of sp³-hybridized carbons (Fsp3) is 0.350. The molecule has 1 aromatic heterocycles. The quantitative estimate of drug-likeness (QED) is 0.804. The van der Waals surface area contributed by atoms with Crippen LogP contribution in [0.3, 0.4) is 0 Å². The predicted octanol–water partition coefficient (Wildman–Crippen LogP) is 1.99. The van der Waals surface area contributed by atoms with E-state index in [1.54, 1.807) is 37.4 Å². The van der Waals surface area contributed by atoms with Crippen molar-refractivity contribution in [3.8, 4) is 5.75 Å². The van der Waals surface area contributed by atoms with E-state index < -0.39 is 0 Å². The highest BCUT2D eigenvalue weighted by Crippen LogP contribution is 2.34. The minimum atomic E-state index is -0.227. The molecule has 1 aromatic carbocycles. The van der Waals surface area contributed by atoms with Crippen LogP contribution in [0.4, 0.5) is 0 Å². The number of carbonyl (C=O) groups excluding carboxylic acids is 1. The number of hydrogen-bond donors (Lipinski definition) is 1. The number of methoxy groups -OCH3 is 1. The molecule has 140 valence electrons. The number of ether oxygens (including phenoxy) is 1. The molecule has 0 aliphatic carbocycles. The third-order valence-corrected chi connectivity index (χ3v) is 5.70. The normalized spacial score (nSPS) is 20.6. The summed E-state index contributed by atoms with van der Waals surface area (Å²) in [4.78, 5) is 26.6. The smallest absolute Gasteiger partial charge is 0.257 e. The zero-order valence-electron chi connectivity index (χ0n) is 15.1. The van der Waals surface area contributed by atoms with Gasteiger partial charge in [-0.2, -0.15) is 0 Å². The van der Waals surface area contributed by atoms with Crippen molar-refractivity contribution in [1.29, 1.82) is 0 Å². The van der Waals surface area contributed by atoms with Crippen molar-refractivity contribution in [2.24, 2.45) is 5.92 Å². The monoisotopic (exact) mass is 383 g/mol. The summed E-state index contributed by atoms with van der Waals surface area (Å²) < 4.78 is 7.00. The van der Waals surface area contributed by atoms with Gasteiger partial charge >= 0.3 is 0 Å². The van der Waals surface area contributed by atoms with Crippen molar-refractivity contribution >= 4 is 23.2 Å². The summed E-state index contributed by atoms with van der Waals surface area (Å²) in [5, 5.41) is 3.28. The summed E-state index contributed by atoms with van der Waals surface area (Å²) >= 11 is 5.50. The van der Waals surface area contributed by atoms with Crippen molar-refractivity contribution < 1.29 is 9.53 Å². The van der Waals surface area contributed by atoms with Crippen LogP contribution in [-0.2, 0) is 6.54 Å². The van der Waals surface area contributed by atoms with Crippen molar-refractivity contribution in [1.82, 2.24) is 14.8 Å². The maximum absolute atomic E-state index is 12.5. The van der Waals surface area contributed by atoms with Crippen molar-refractivity contribution in [3.63, 3.8) is 0 Å². The molecule has 2 aliphatic heterocycles. The number of nitrogens with zero attached hydrogens (tertiary/aromatic N) is 2. The summed E-state index contributed by atoms with van der Waals surface area (Å²) in [5.41, 5.74) is 1.66. The first-order valence-corrected chi connectivity index (χ1v) is 9.40. The van der Waals surface area contributed by atoms with Crippen LogP contribution in [0.1, 0.15) is 28.4 Å². The van der Waals surface area contributed by atoms with Crippen LogP contribution in [0.5, 0.6) is 5.75 Å². The first-order valence-electron chi connectivity index (χ1n) is 8.99. The standard InChI is InChI=1S/C20H21N3O3S/c1-26-16-7-5-14(6-8-16)19(25)21-20(27)22-10-13-9-15(12-22)17-3-2-4-18(24)23(17)11-13/h2-8,13,15H,9-12H2,1H3,(H,21,25,27)/t13-,15-/m0/s1. The number of piperidine rings is 1. The minimum Gasteiger partial charge on any atom is -0.497 e. The molecule has 0 radical (unpaired) electrons. The summed E-state index contributed by atoms with van der Waals surface area (Å²) in [6.07, 6.45) is 1.05. The minimum absolute atomic E-state index is 0.0611. The number of thiocarbonyl (C=S) groups is 1. The van der Waals surface area contributed by atoms with Crippen LogP contribution in [0.25, 0.3) is 0 Å². The van der Waals surface area contributed by atoms with Gasteiger partial charge in [-0.25, -0.2) is 0 Å². The molecule has 2 bridgehead atoms. The Balaban J connectivity index is 1.46. The second kappa shape index (κ2) is 7.15. The third kappa shape index (κ3) is 3.47. The summed E-state index contributed by atoms with van der Waals surface area (Å²) in [5.74, 6) is 1.08. The SMILES string of the molecule is COc1ccc(C(=O)NC(=S)N2C[C@@H]3C[C@@H](C2)c2cccc(=O)n2C3)cc1. The Morgan fingerprint density at radius 1 is 1.15 bits per heavy atom. The number of benzene rings is 1. The van der Waals surface area contributed by atoms with E-state index in [0.717, 1.165) is 18.7 Å². The van der Waals surface area contributed by atoms with E-state index in [1.807, 2.05) is 16.7 Å². The summed E-state index contributed by atoms with van der Waals surface area (Å²) in [6, 6.07) is 12.4. The number of likely N-dealkylation sites (tertiary alicyclic amines) is 1. The first-order chi connectivity index (χ1) is 13.0. The third-order valence-electron chi connectivity index (χ3n) is 5.34. The second-order valence-electron chi connectivity index (χ2n) is 7.09. The van der Waals surface area contributed by atoms with E-state index in [-0.39, 0.29) is 17.4 Å². The van der Waals surface area contributed by atoms with Gasteiger partial charge in [0.25, 0.3) is 11.5 Å². The number of hydrogen-bond acceptors (Lipinski definition) is 4. The Labute approximate surface area is 162 Å². The molecule has 1 saturated heterocycles. The lowest BCUT2D eigenvalue weighted by atomic mass is 9.83. The fourth-order valence-electron chi connectivity index (χ4n) is 4.05. The topological polar surface area (TPSA) is 63.6 Å². The van der Waals surface area contributed by atoms with E-state index in [4.69, 9.17) is 17.0 Å². The van der Waals surface area contributed by atoms with E-state index in [2.05, 4.69) is 10.2 Å². The molecule has 2 aromatic rings. The highest BCUT2D eigenvalue weighted by molar-refractivity contribution is 7.80. The number of pyridine rings is 1. The van der Waals surface area contributed by atoms with Gasteiger partial charge < -0.3 is 14.2 Å². The van der Waals surface area contributed by atoms with Crippen LogP contribution >= 0.6 is 12.2 Å². The van der Waals surface area contributed by atoms with Gasteiger partial charge in [0.2, 0.25) is 0 Å². The van der Waals surface area contributed by atoms with Gasteiger partial charge in [-0.3, -0.25) is 14.9 Å². The van der Waals surface area contributed by atoms with Crippen LogP contribution in [0.15, 0.2) is 47.3 Å². The van der Waals surface area contributed by atoms with Crippen molar-refractivity contribution in [3.05, 3.63) is 64.1 Å². The van der Waals surface area contributed by atoms with Crippen LogP contribution < -0.4 is 15.6 Å². The van der Waals surface area contributed by atoms with E-state index in [0.29, 0.717) is 35.4 Å². The molecule has 7 heteroatoms.